The van der Waals surface area contributed by atoms with Crippen LogP contribution in [-0.4, -0.2) is 82.1 Å². The van der Waals surface area contributed by atoms with Crippen molar-refractivity contribution in [2.45, 2.75) is 59.0 Å². The van der Waals surface area contributed by atoms with E-state index in [4.69, 9.17) is 14.2 Å². The molecule has 0 aliphatic rings. The topological polar surface area (TPSA) is 274 Å². The Balaban J connectivity index is 1.22. The summed E-state index contributed by atoms with van der Waals surface area (Å²) in [5.41, 5.74) is 1.69. The van der Waals surface area contributed by atoms with E-state index in [0.29, 0.717) is 11.4 Å². The quantitative estimate of drug-likeness (QED) is 0.0354. The summed E-state index contributed by atoms with van der Waals surface area (Å²) < 4.78 is 16.9. The summed E-state index contributed by atoms with van der Waals surface area (Å²) in [4.78, 5) is 88.4. The smallest absolute Gasteiger partial charge is 0.329 e. The molecule has 0 saturated heterocycles. The van der Waals surface area contributed by atoms with Crippen LogP contribution in [0.25, 0.3) is 0 Å². The van der Waals surface area contributed by atoms with Crippen molar-refractivity contribution >= 4 is 63.9 Å². The van der Waals surface area contributed by atoms with Crippen LogP contribution in [0.5, 0.6) is 17.2 Å². The molecule has 0 saturated carbocycles. The van der Waals surface area contributed by atoms with Gasteiger partial charge in [-0.25, -0.2) is 4.79 Å². The van der Waals surface area contributed by atoms with E-state index in [2.05, 4.69) is 26.6 Å². The summed E-state index contributed by atoms with van der Waals surface area (Å²) in [5.74, 6) is -5.50. The SMILES string of the molecule is COC(C(=O)Nc1ccc(C(=O)Nc2ccc(C(=O)Nc3ccc(C)cc3OC(C)C)c(O)c2OC(C)C)cc1)C(NC(=O)c1ccc(NC(=O)c2ccc([N+](=O)[O-])cc2)cc1)C(=O)O. The molecule has 0 aliphatic carbocycles. The highest BCUT2D eigenvalue weighted by molar-refractivity contribution is 6.10. The van der Waals surface area contributed by atoms with Gasteiger partial charge in [0.15, 0.2) is 23.6 Å². The molecule has 19 heteroatoms. The van der Waals surface area contributed by atoms with Gasteiger partial charge in [0.05, 0.1) is 34.1 Å². The predicted octanol–water partition coefficient (Wildman–Crippen LogP) is 6.78. The number of amides is 5. The van der Waals surface area contributed by atoms with E-state index in [1.807, 2.05) is 20.8 Å². The van der Waals surface area contributed by atoms with E-state index in [9.17, 15) is 49.1 Å². The minimum atomic E-state index is -1.87. The number of ether oxygens (including phenoxy) is 3. The first-order valence-corrected chi connectivity index (χ1v) is 19.9. The summed E-state index contributed by atoms with van der Waals surface area (Å²) in [6.45, 7) is 8.98. The maximum Gasteiger partial charge on any atom is 0.329 e. The third-order valence-electron chi connectivity index (χ3n) is 9.25. The van der Waals surface area contributed by atoms with Gasteiger partial charge in [-0.05, 0) is 125 Å². The number of nitrogens with one attached hydrogen (secondary N) is 5. The fourth-order valence-electron chi connectivity index (χ4n) is 6.12. The number of rotatable bonds is 18. The minimum absolute atomic E-state index is 0.0162. The summed E-state index contributed by atoms with van der Waals surface area (Å²) >= 11 is 0. The van der Waals surface area contributed by atoms with Gasteiger partial charge in [-0.15, -0.1) is 0 Å². The Bertz CT molecular complexity index is 2600. The first-order valence-electron chi connectivity index (χ1n) is 19.9. The Morgan fingerprint density at radius 3 is 1.68 bits per heavy atom. The van der Waals surface area contributed by atoms with Crippen LogP contribution < -0.4 is 36.1 Å². The van der Waals surface area contributed by atoms with Crippen LogP contribution in [0, 0.1) is 17.0 Å². The van der Waals surface area contributed by atoms with E-state index in [-0.39, 0.29) is 56.9 Å². The summed E-state index contributed by atoms with van der Waals surface area (Å²) in [5, 5.41) is 44.9. The van der Waals surface area contributed by atoms with Crippen molar-refractivity contribution in [3.05, 3.63) is 141 Å². The third kappa shape index (κ3) is 12.4. The van der Waals surface area contributed by atoms with Crippen LogP contribution in [-0.2, 0) is 14.3 Å². The minimum Gasteiger partial charge on any atom is -0.504 e. The number of non-ortho nitro benzene ring substituents is 1. The molecule has 0 spiro atoms. The van der Waals surface area contributed by atoms with Crippen molar-refractivity contribution in [3.8, 4) is 17.2 Å². The number of nitro benzene ring substituents is 1. The average molecular weight is 891 g/mol. The van der Waals surface area contributed by atoms with Gasteiger partial charge >= 0.3 is 5.97 Å². The first kappa shape index (κ1) is 47.7. The largest absolute Gasteiger partial charge is 0.504 e. The van der Waals surface area contributed by atoms with Crippen molar-refractivity contribution in [3.63, 3.8) is 0 Å². The lowest BCUT2D eigenvalue weighted by Gasteiger charge is -2.23. The van der Waals surface area contributed by atoms with Crippen molar-refractivity contribution in [2.24, 2.45) is 0 Å². The van der Waals surface area contributed by atoms with Crippen LogP contribution in [0.3, 0.4) is 0 Å². The van der Waals surface area contributed by atoms with Crippen LogP contribution in [0.15, 0.2) is 103 Å². The second-order valence-corrected chi connectivity index (χ2v) is 14.9. The number of phenolic OH excluding ortho intramolecular Hbond substituents is 1. The number of anilines is 4. The molecular weight excluding hydrogens is 845 g/mol. The van der Waals surface area contributed by atoms with Crippen LogP contribution in [0.2, 0.25) is 0 Å². The Labute approximate surface area is 372 Å². The zero-order valence-electron chi connectivity index (χ0n) is 36.0. The molecule has 0 heterocycles. The molecular formula is C46H46N6O13. The average Bonchev–Trinajstić information content (AvgIpc) is 3.25. The number of carboxylic acid groups (broad SMARTS) is 1. The summed E-state index contributed by atoms with van der Waals surface area (Å²) in [7, 11) is 1.08. The lowest BCUT2D eigenvalue weighted by atomic mass is 10.1. The van der Waals surface area contributed by atoms with Gasteiger partial charge in [0.2, 0.25) is 0 Å². The molecule has 5 amide bonds. The lowest BCUT2D eigenvalue weighted by Crippen LogP contribution is -2.54. The molecule has 5 aromatic carbocycles. The number of methoxy groups -OCH3 is 1. The Hall–Kier alpha value is -8.32. The number of carboxylic acids is 1. The first-order chi connectivity index (χ1) is 30.8. The van der Waals surface area contributed by atoms with E-state index in [1.165, 1.54) is 84.9 Å². The van der Waals surface area contributed by atoms with Gasteiger partial charge in [-0.2, -0.15) is 0 Å². The van der Waals surface area contributed by atoms with Crippen molar-refractivity contribution in [1.29, 1.82) is 0 Å². The van der Waals surface area contributed by atoms with E-state index >= 15 is 0 Å². The predicted molar refractivity (Wildman–Crippen MR) is 239 cm³/mol. The summed E-state index contributed by atoms with van der Waals surface area (Å²) in [6, 6.07) is 21.9. The molecule has 5 rings (SSSR count). The number of nitro groups is 1. The molecule has 2 unspecified atom stereocenters. The molecule has 2 atom stereocenters. The van der Waals surface area contributed by atoms with Crippen LogP contribution in [0.4, 0.5) is 28.4 Å². The highest BCUT2D eigenvalue weighted by Crippen LogP contribution is 2.39. The van der Waals surface area contributed by atoms with Gasteiger partial charge in [0, 0.05) is 47.3 Å². The van der Waals surface area contributed by atoms with Gasteiger partial charge in [-0.3, -0.25) is 34.1 Å². The molecule has 0 aromatic heterocycles. The standard InChI is InChI=1S/C46H46N6O13/c1-24(2)64-36-23-26(5)7-21-34(36)49-44(57)33-20-22-35(39(38(33)53)65-25(3)4)50-42(55)27-8-16-31(17-9-27)48-45(58)40(63-6)37(46(59)60)51-43(56)28-10-14-30(15-11-28)47-41(54)29-12-18-32(19-13-29)52(61)62/h7-25,37,40,53H,1-6H3,(H,47,54)(H,48,58)(H,49,57)(H,50,55)(H,51,56)(H,59,60). The van der Waals surface area contributed by atoms with Crippen LogP contribution in [0.1, 0.15) is 74.7 Å². The van der Waals surface area contributed by atoms with Crippen LogP contribution >= 0.6 is 0 Å². The molecule has 0 aliphatic heterocycles. The number of aromatic hydroxyl groups is 1. The molecule has 338 valence electrons. The van der Waals surface area contributed by atoms with Gasteiger partial charge < -0.3 is 51.0 Å². The number of nitrogens with zero attached hydrogens (tertiary/aromatic N) is 1. The Morgan fingerprint density at radius 2 is 1.14 bits per heavy atom. The number of carbonyl (C=O) groups is 6. The second-order valence-electron chi connectivity index (χ2n) is 14.9. The Kier molecular flexibility index (Phi) is 15.5. The van der Waals surface area contributed by atoms with Gasteiger partial charge in [-0.1, -0.05) is 6.07 Å². The third-order valence-corrected chi connectivity index (χ3v) is 9.25. The molecule has 19 nitrogen and oxygen atoms in total. The number of phenols is 1. The van der Waals surface area contributed by atoms with E-state index < -0.39 is 64.4 Å². The van der Waals surface area contributed by atoms with Crippen molar-refractivity contribution in [1.82, 2.24) is 5.32 Å². The maximum atomic E-state index is 13.4. The number of hydrogen-bond acceptors (Lipinski definition) is 12. The van der Waals surface area contributed by atoms with E-state index in [1.54, 1.807) is 32.0 Å². The molecule has 0 bridgehead atoms. The Morgan fingerprint density at radius 1 is 0.631 bits per heavy atom. The van der Waals surface area contributed by atoms with Crippen molar-refractivity contribution in [2.75, 3.05) is 28.4 Å². The number of hydrogen-bond donors (Lipinski definition) is 7. The normalized spacial score (nSPS) is 11.8. The number of aliphatic carboxylic acids is 1. The second kappa shape index (κ2) is 21.2. The van der Waals surface area contributed by atoms with Gasteiger partial charge in [0.25, 0.3) is 35.2 Å². The number of aryl methyl sites for hydroxylation is 1. The monoisotopic (exact) mass is 890 g/mol. The zero-order chi connectivity index (χ0) is 47.5. The summed E-state index contributed by atoms with van der Waals surface area (Å²) in [6.07, 6.45) is -2.38. The van der Waals surface area contributed by atoms with Crippen molar-refractivity contribution < 1.29 is 58.1 Å². The number of benzene rings is 5. The highest BCUT2D eigenvalue weighted by atomic mass is 16.6. The molecule has 0 fully saturated rings. The lowest BCUT2D eigenvalue weighted by molar-refractivity contribution is -0.384. The number of carbonyl (C=O) groups excluding carboxylic acids is 5. The molecule has 0 radical (unpaired) electrons. The maximum absolute atomic E-state index is 13.4. The fraction of sp³-hybridized carbons (Fsp3) is 0.217. The fourth-order valence-corrected chi connectivity index (χ4v) is 6.12. The molecule has 5 aromatic rings. The molecule has 7 N–H and O–H groups in total. The molecule has 65 heavy (non-hydrogen) atoms. The van der Waals surface area contributed by atoms with Gasteiger partial charge in [0.1, 0.15) is 5.75 Å². The van der Waals surface area contributed by atoms with E-state index in [0.717, 1.165) is 12.7 Å². The highest BCUT2D eigenvalue weighted by Gasteiger charge is 2.36. The zero-order valence-corrected chi connectivity index (χ0v) is 36.0.